The third-order valence-corrected chi connectivity index (χ3v) is 6.87. The molecular weight excluding hydrogens is 432 g/mol. The smallest absolute Gasteiger partial charge is 0.183 e. The molecular formula is C25H32N6OS. The van der Waals surface area contributed by atoms with Gasteiger partial charge in [-0.05, 0) is 50.3 Å². The van der Waals surface area contributed by atoms with Crippen LogP contribution in [-0.2, 0) is 0 Å². The van der Waals surface area contributed by atoms with E-state index in [4.69, 9.17) is 21.3 Å². The molecule has 1 saturated carbocycles. The number of aromatic nitrogens is 2. The number of nitrogens with one attached hydrogen (secondary N) is 1. The van der Waals surface area contributed by atoms with E-state index in [-0.39, 0.29) is 6.10 Å². The highest BCUT2D eigenvalue weighted by atomic mass is 32.1. The summed E-state index contributed by atoms with van der Waals surface area (Å²) in [4.78, 5) is 10.3. The molecule has 0 saturated heterocycles. The molecule has 0 bridgehead atoms. The standard InChI is InChI=1S/C25H32N6OS/c1-17-22(32-19-11-7-4-8-12-19)14-13-20(30-17)24(26)21(31(2)27)15-28-25-29-16-23(33-25)18-9-5-3-6-10-18/h3,5-6,9-10,13-14,16,19H,4,7-8,11-12,15,26-27H2,1-2H3,(H,28,29)/b24-21-. The van der Waals surface area contributed by atoms with Gasteiger partial charge < -0.3 is 20.8 Å². The minimum Gasteiger partial charge on any atom is -0.489 e. The Kier molecular flexibility index (Phi) is 7.47. The maximum Gasteiger partial charge on any atom is 0.183 e. The van der Waals surface area contributed by atoms with Gasteiger partial charge in [-0.1, -0.05) is 48.1 Å². The van der Waals surface area contributed by atoms with Crippen molar-refractivity contribution in [2.45, 2.75) is 45.1 Å². The van der Waals surface area contributed by atoms with Crippen molar-refractivity contribution in [3.8, 4) is 16.2 Å². The predicted octanol–water partition coefficient (Wildman–Crippen LogP) is 4.77. The predicted molar refractivity (Wildman–Crippen MR) is 136 cm³/mol. The first-order valence-corrected chi connectivity index (χ1v) is 12.2. The number of benzene rings is 1. The molecule has 0 unspecified atom stereocenters. The van der Waals surface area contributed by atoms with Gasteiger partial charge in [0.05, 0.1) is 40.3 Å². The summed E-state index contributed by atoms with van der Waals surface area (Å²) in [5, 5.41) is 5.67. The van der Waals surface area contributed by atoms with Crippen LogP contribution in [0.5, 0.6) is 5.75 Å². The van der Waals surface area contributed by atoms with Crippen molar-refractivity contribution in [2.24, 2.45) is 11.6 Å². The Bertz CT molecular complexity index is 1090. The van der Waals surface area contributed by atoms with Gasteiger partial charge in [-0.3, -0.25) is 0 Å². The van der Waals surface area contributed by atoms with Crippen LogP contribution in [0.15, 0.2) is 54.4 Å². The number of hydrazine groups is 1. The fourth-order valence-corrected chi connectivity index (χ4v) is 4.81. The molecule has 4 rings (SSSR count). The van der Waals surface area contributed by atoms with Crippen LogP contribution >= 0.6 is 11.3 Å². The number of aryl methyl sites for hydroxylation is 1. The van der Waals surface area contributed by atoms with Gasteiger partial charge >= 0.3 is 0 Å². The van der Waals surface area contributed by atoms with Gasteiger partial charge in [-0.25, -0.2) is 15.8 Å². The molecule has 0 spiro atoms. The zero-order chi connectivity index (χ0) is 23.2. The Morgan fingerprint density at radius 1 is 1.15 bits per heavy atom. The largest absolute Gasteiger partial charge is 0.489 e. The average Bonchev–Trinajstić information content (AvgIpc) is 3.30. The van der Waals surface area contributed by atoms with E-state index in [9.17, 15) is 0 Å². The molecule has 2 heterocycles. The van der Waals surface area contributed by atoms with Crippen molar-refractivity contribution < 1.29 is 4.74 Å². The molecule has 2 aromatic heterocycles. The molecule has 0 aliphatic heterocycles. The van der Waals surface area contributed by atoms with E-state index in [1.54, 1.807) is 18.4 Å². The highest BCUT2D eigenvalue weighted by molar-refractivity contribution is 7.18. The number of nitrogens with two attached hydrogens (primary N) is 2. The summed E-state index contributed by atoms with van der Waals surface area (Å²) in [5.41, 5.74) is 10.4. The molecule has 0 amide bonds. The number of ether oxygens (including phenoxy) is 1. The zero-order valence-electron chi connectivity index (χ0n) is 19.3. The van der Waals surface area contributed by atoms with Crippen LogP contribution in [0.3, 0.4) is 0 Å². The third kappa shape index (κ3) is 5.83. The molecule has 1 fully saturated rings. The van der Waals surface area contributed by atoms with E-state index in [1.165, 1.54) is 24.3 Å². The van der Waals surface area contributed by atoms with Gasteiger partial charge in [0.1, 0.15) is 5.75 Å². The summed E-state index contributed by atoms with van der Waals surface area (Å²) in [6.07, 6.45) is 8.14. The van der Waals surface area contributed by atoms with Gasteiger partial charge in [0, 0.05) is 13.2 Å². The van der Waals surface area contributed by atoms with E-state index >= 15 is 0 Å². The topological polar surface area (TPSA) is 102 Å². The van der Waals surface area contributed by atoms with Crippen LogP contribution in [0.4, 0.5) is 5.13 Å². The van der Waals surface area contributed by atoms with Crippen LogP contribution in [0, 0.1) is 6.92 Å². The number of pyridine rings is 1. The summed E-state index contributed by atoms with van der Waals surface area (Å²) in [6, 6.07) is 14.1. The monoisotopic (exact) mass is 464 g/mol. The van der Waals surface area contributed by atoms with Crippen molar-refractivity contribution in [2.75, 3.05) is 18.9 Å². The highest BCUT2D eigenvalue weighted by Gasteiger charge is 2.17. The number of anilines is 1. The van der Waals surface area contributed by atoms with E-state index < -0.39 is 0 Å². The maximum absolute atomic E-state index is 6.50. The van der Waals surface area contributed by atoms with Crippen LogP contribution in [0.25, 0.3) is 16.1 Å². The lowest BCUT2D eigenvalue weighted by Crippen LogP contribution is -2.32. The van der Waals surface area contributed by atoms with Crippen LogP contribution in [0.2, 0.25) is 0 Å². The van der Waals surface area contributed by atoms with Crippen molar-refractivity contribution in [1.82, 2.24) is 15.0 Å². The van der Waals surface area contributed by atoms with Crippen molar-refractivity contribution >= 4 is 22.2 Å². The summed E-state index contributed by atoms with van der Waals surface area (Å²) >= 11 is 1.59. The van der Waals surface area contributed by atoms with Crippen molar-refractivity contribution in [3.05, 3.63) is 65.7 Å². The Balaban J connectivity index is 1.47. The number of hydrogen-bond donors (Lipinski definition) is 3. The first kappa shape index (κ1) is 23.1. The molecule has 33 heavy (non-hydrogen) atoms. The fourth-order valence-electron chi connectivity index (χ4n) is 3.99. The van der Waals surface area contributed by atoms with Gasteiger partial charge in [0.2, 0.25) is 0 Å². The van der Waals surface area contributed by atoms with Crippen molar-refractivity contribution in [3.63, 3.8) is 0 Å². The molecule has 7 nitrogen and oxygen atoms in total. The molecule has 5 N–H and O–H groups in total. The van der Waals surface area contributed by atoms with E-state index in [2.05, 4.69) is 22.4 Å². The van der Waals surface area contributed by atoms with Crippen LogP contribution < -0.4 is 21.6 Å². The van der Waals surface area contributed by atoms with Crippen molar-refractivity contribution in [1.29, 1.82) is 0 Å². The summed E-state index contributed by atoms with van der Waals surface area (Å²) in [7, 11) is 1.77. The van der Waals surface area contributed by atoms with Gasteiger partial charge in [-0.15, -0.1) is 0 Å². The fraction of sp³-hybridized carbons (Fsp3) is 0.360. The lowest BCUT2D eigenvalue weighted by molar-refractivity contribution is 0.153. The van der Waals surface area contributed by atoms with Gasteiger partial charge in [-0.2, -0.15) is 0 Å². The Morgan fingerprint density at radius 3 is 2.61 bits per heavy atom. The van der Waals surface area contributed by atoms with Gasteiger partial charge in [0.15, 0.2) is 5.13 Å². The maximum atomic E-state index is 6.50. The third-order valence-electron chi connectivity index (χ3n) is 5.87. The Labute approximate surface area is 199 Å². The second kappa shape index (κ2) is 10.7. The molecule has 8 heteroatoms. The summed E-state index contributed by atoms with van der Waals surface area (Å²) < 4.78 is 6.20. The molecule has 1 aliphatic carbocycles. The SMILES string of the molecule is Cc1nc(/C(N)=C(\CNc2ncc(-c3ccccc3)s2)N(C)N)ccc1OC1CCCCC1. The summed E-state index contributed by atoms with van der Waals surface area (Å²) in [6.45, 7) is 2.39. The first-order valence-electron chi connectivity index (χ1n) is 11.4. The molecule has 0 atom stereocenters. The number of nitrogens with zero attached hydrogens (tertiary/aromatic N) is 3. The second-order valence-electron chi connectivity index (χ2n) is 8.38. The molecule has 1 aromatic carbocycles. The van der Waals surface area contributed by atoms with Crippen LogP contribution in [0.1, 0.15) is 43.5 Å². The van der Waals surface area contributed by atoms with Gasteiger partial charge in [0.25, 0.3) is 0 Å². The normalized spacial score (nSPS) is 15.1. The number of thiazole rings is 1. The number of hydrogen-bond acceptors (Lipinski definition) is 8. The number of likely N-dealkylation sites (N-methyl/N-ethyl adjacent to an activating group) is 1. The average molecular weight is 465 g/mol. The highest BCUT2D eigenvalue weighted by Crippen LogP contribution is 2.29. The molecule has 174 valence electrons. The lowest BCUT2D eigenvalue weighted by Gasteiger charge is -2.24. The van der Waals surface area contributed by atoms with Crippen LogP contribution in [-0.4, -0.2) is 34.7 Å². The molecule has 3 aromatic rings. The quantitative estimate of drug-likeness (QED) is 0.326. The Hall–Kier alpha value is -3.10. The molecule has 0 radical (unpaired) electrons. The Morgan fingerprint density at radius 2 is 1.91 bits per heavy atom. The summed E-state index contributed by atoms with van der Waals surface area (Å²) in [5.74, 6) is 6.94. The minimum atomic E-state index is 0.284. The second-order valence-corrected chi connectivity index (χ2v) is 9.41. The first-order chi connectivity index (χ1) is 16.0. The van der Waals surface area contributed by atoms with E-state index in [0.717, 1.165) is 45.6 Å². The minimum absolute atomic E-state index is 0.284. The molecule has 1 aliphatic rings. The lowest BCUT2D eigenvalue weighted by atomic mass is 9.98. The number of rotatable bonds is 8. The zero-order valence-corrected chi connectivity index (χ0v) is 20.1. The van der Waals surface area contributed by atoms with E-state index in [0.29, 0.717) is 17.9 Å². The van der Waals surface area contributed by atoms with E-state index in [1.807, 2.05) is 43.5 Å².